The second-order valence-corrected chi connectivity index (χ2v) is 6.40. The Morgan fingerprint density at radius 2 is 2.04 bits per heavy atom. The van der Waals surface area contributed by atoms with Crippen LogP contribution >= 0.6 is 0 Å². The summed E-state index contributed by atoms with van der Waals surface area (Å²) in [5.74, 6) is 0.777. The molecule has 1 aromatic carbocycles. The molecule has 3 rings (SSSR count). The molecule has 2 heterocycles. The van der Waals surface area contributed by atoms with Gasteiger partial charge < -0.3 is 9.51 Å². The molecule has 0 aliphatic heterocycles. The lowest BCUT2D eigenvalue weighted by molar-refractivity contribution is 0.298. The first-order chi connectivity index (χ1) is 11.4. The summed E-state index contributed by atoms with van der Waals surface area (Å²) in [4.78, 5) is 16.9. The first kappa shape index (κ1) is 16.4. The molecule has 0 radical (unpaired) electrons. The van der Waals surface area contributed by atoms with E-state index in [1.165, 1.54) is 12.1 Å². The zero-order chi connectivity index (χ0) is 17.3. The summed E-state index contributed by atoms with van der Waals surface area (Å²) in [5, 5.41) is 4.87. The van der Waals surface area contributed by atoms with Gasteiger partial charge in [0.25, 0.3) is 5.56 Å². The zero-order valence-electron chi connectivity index (χ0n) is 14.0. The fraction of sp³-hybridized carbons (Fsp3) is 0.333. The molecule has 5 nitrogen and oxygen atoms in total. The van der Waals surface area contributed by atoms with Crippen LogP contribution in [0.2, 0.25) is 0 Å². The predicted octanol–water partition coefficient (Wildman–Crippen LogP) is 3.41. The molecule has 2 aromatic heterocycles. The van der Waals surface area contributed by atoms with Crippen molar-refractivity contribution in [1.29, 1.82) is 0 Å². The van der Waals surface area contributed by atoms with Crippen molar-refractivity contribution in [2.24, 2.45) is 0 Å². The van der Waals surface area contributed by atoms with Crippen molar-refractivity contribution < 1.29 is 8.91 Å². The summed E-state index contributed by atoms with van der Waals surface area (Å²) in [6.07, 6.45) is 0. The minimum atomic E-state index is -0.366. The fourth-order valence-corrected chi connectivity index (χ4v) is 2.63. The van der Waals surface area contributed by atoms with E-state index in [1.807, 2.05) is 31.9 Å². The Labute approximate surface area is 139 Å². The highest BCUT2D eigenvalue weighted by Gasteiger charge is 2.12. The van der Waals surface area contributed by atoms with Gasteiger partial charge >= 0.3 is 0 Å². The topological polar surface area (TPSA) is 62.1 Å². The molecule has 126 valence electrons. The number of pyridine rings is 1. The summed E-state index contributed by atoms with van der Waals surface area (Å²) in [5.41, 5.74) is 1.76. The van der Waals surface area contributed by atoms with Gasteiger partial charge in [0.1, 0.15) is 11.6 Å². The van der Waals surface area contributed by atoms with Gasteiger partial charge in [0.05, 0.1) is 11.2 Å². The summed E-state index contributed by atoms with van der Waals surface area (Å²) >= 11 is 0. The van der Waals surface area contributed by atoms with Gasteiger partial charge in [-0.25, -0.2) is 4.39 Å². The molecular formula is C18H20FN3O2. The van der Waals surface area contributed by atoms with Gasteiger partial charge in [-0.05, 0) is 36.7 Å². The van der Waals surface area contributed by atoms with Gasteiger partial charge in [0.2, 0.25) is 0 Å². The van der Waals surface area contributed by atoms with E-state index in [-0.39, 0.29) is 11.4 Å². The first-order valence-electron chi connectivity index (χ1n) is 7.88. The maximum absolute atomic E-state index is 13.2. The number of fused-ring (bicyclic) bond motifs is 1. The normalized spacial score (nSPS) is 11.8. The Morgan fingerprint density at radius 1 is 1.25 bits per heavy atom. The van der Waals surface area contributed by atoms with Crippen LogP contribution in [0.25, 0.3) is 10.9 Å². The third-order valence-electron chi connectivity index (χ3n) is 3.90. The second-order valence-electron chi connectivity index (χ2n) is 6.40. The number of aromatic nitrogens is 2. The van der Waals surface area contributed by atoms with Crippen LogP contribution < -0.4 is 5.56 Å². The van der Waals surface area contributed by atoms with Crippen molar-refractivity contribution in [2.75, 3.05) is 7.05 Å². The zero-order valence-corrected chi connectivity index (χ0v) is 14.0. The Kier molecular flexibility index (Phi) is 4.49. The van der Waals surface area contributed by atoms with Gasteiger partial charge in [-0.3, -0.25) is 9.69 Å². The third kappa shape index (κ3) is 3.54. The molecule has 0 unspecified atom stereocenters. The number of benzene rings is 1. The summed E-state index contributed by atoms with van der Waals surface area (Å²) in [7, 11) is 1.91. The molecule has 0 aliphatic carbocycles. The third-order valence-corrected chi connectivity index (χ3v) is 3.90. The molecule has 6 heteroatoms. The standard InChI is InChI=1S/C18H20FN3O2/c1-11(2)17-8-15(21-24-17)10-22(3)9-13-6-12-4-5-14(19)7-16(12)20-18(13)23/h4-8,11H,9-10H2,1-3H3,(H,20,23). The lowest BCUT2D eigenvalue weighted by atomic mass is 10.1. The van der Waals surface area contributed by atoms with E-state index < -0.39 is 0 Å². The minimum absolute atomic E-state index is 0.206. The maximum Gasteiger partial charge on any atom is 0.252 e. The van der Waals surface area contributed by atoms with Gasteiger partial charge in [0.15, 0.2) is 0 Å². The lowest BCUT2D eigenvalue weighted by Crippen LogP contribution is -2.23. The van der Waals surface area contributed by atoms with E-state index in [4.69, 9.17) is 4.52 Å². The van der Waals surface area contributed by atoms with Crippen molar-refractivity contribution in [1.82, 2.24) is 15.0 Å². The molecule has 0 aliphatic rings. The minimum Gasteiger partial charge on any atom is -0.361 e. The number of H-pyrrole nitrogens is 1. The molecule has 1 N–H and O–H groups in total. The van der Waals surface area contributed by atoms with Crippen LogP contribution in [0.1, 0.15) is 36.8 Å². The fourth-order valence-electron chi connectivity index (χ4n) is 2.63. The van der Waals surface area contributed by atoms with Crippen LogP contribution in [0.3, 0.4) is 0 Å². The monoisotopic (exact) mass is 329 g/mol. The lowest BCUT2D eigenvalue weighted by Gasteiger charge is -2.14. The van der Waals surface area contributed by atoms with Crippen molar-refractivity contribution >= 4 is 10.9 Å². The smallest absolute Gasteiger partial charge is 0.252 e. The van der Waals surface area contributed by atoms with Crippen molar-refractivity contribution in [3.8, 4) is 0 Å². The number of rotatable bonds is 5. The van der Waals surface area contributed by atoms with Gasteiger partial charge in [-0.1, -0.05) is 19.0 Å². The number of halogens is 1. The molecule has 0 bridgehead atoms. The molecule has 0 saturated heterocycles. The van der Waals surface area contributed by atoms with Crippen LogP contribution in [0, 0.1) is 5.82 Å². The molecule has 0 spiro atoms. The molecule has 3 aromatic rings. The van der Waals surface area contributed by atoms with E-state index in [2.05, 4.69) is 10.1 Å². The van der Waals surface area contributed by atoms with Crippen LogP contribution in [-0.2, 0) is 13.1 Å². The van der Waals surface area contributed by atoms with E-state index in [0.29, 0.717) is 30.1 Å². The Hall–Kier alpha value is -2.47. The van der Waals surface area contributed by atoms with Crippen molar-refractivity contribution in [3.63, 3.8) is 0 Å². The van der Waals surface area contributed by atoms with Gasteiger partial charge in [-0.15, -0.1) is 0 Å². The molecule has 24 heavy (non-hydrogen) atoms. The SMILES string of the molecule is CC(C)c1cc(CN(C)Cc2cc3ccc(F)cc3[nH]c2=O)no1. The van der Waals surface area contributed by atoms with E-state index >= 15 is 0 Å². The summed E-state index contributed by atoms with van der Waals surface area (Å²) in [6, 6.07) is 8.11. The Bertz CT molecular complexity index is 914. The molecule has 0 atom stereocenters. The maximum atomic E-state index is 13.2. The Balaban J connectivity index is 1.77. The van der Waals surface area contributed by atoms with Crippen LogP contribution in [0.15, 0.2) is 39.6 Å². The quantitative estimate of drug-likeness (QED) is 0.779. The molecular weight excluding hydrogens is 309 g/mol. The van der Waals surface area contributed by atoms with Gasteiger partial charge in [-0.2, -0.15) is 0 Å². The molecule has 0 fully saturated rings. The van der Waals surface area contributed by atoms with E-state index in [1.54, 1.807) is 12.1 Å². The number of nitrogens with zero attached hydrogens (tertiary/aromatic N) is 2. The number of hydrogen-bond acceptors (Lipinski definition) is 4. The highest BCUT2D eigenvalue weighted by molar-refractivity contribution is 5.78. The van der Waals surface area contributed by atoms with Crippen LogP contribution in [0.4, 0.5) is 4.39 Å². The van der Waals surface area contributed by atoms with Crippen molar-refractivity contribution in [2.45, 2.75) is 32.9 Å². The Morgan fingerprint density at radius 3 is 2.75 bits per heavy atom. The number of nitrogens with one attached hydrogen (secondary N) is 1. The number of hydrogen-bond donors (Lipinski definition) is 1. The molecule has 0 amide bonds. The van der Waals surface area contributed by atoms with E-state index in [9.17, 15) is 9.18 Å². The van der Waals surface area contributed by atoms with Crippen LogP contribution in [0.5, 0.6) is 0 Å². The average Bonchev–Trinajstić information content (AvgIpc) is 2.97. The summed E-state index contributed by atoms with van der Waals surface area (Å²) in [6.45, 7) is 5.14. The first-order valence-corrected chi connectivity index (χ1v) is 7.88. The molecule has 0 saturated carbocycles. The predicted molar refractivity (Wildman–Crippen MR) is 90.3 cm³/mol. The summed E-state index contributed by atoms with van der Waals surface area (Å²) < 4.78 is 18.5. The largest absolute Gasteiger partial charge is 0.361 e. The average molecular weight is 329 g/mol. The second kappa shape index (κ2) is 6.57. The van der Waals surface area contributed by atoms with E-state index in [0.717, 1.165) is 16.8 Å². The van der Waals surface area contributed by atoms with Gasteiger partial charge in [0, 0.05) is 30.6 Å². The highest BCUT2D eigenvalue weighted by Crippen LogP contribution is 2.17. The highest BCUT2D eigenvalue weighted by atomic mass is 19.1. The number of aromatic amines is 1. The van der Waals surface area contributed by atoms with Crippen molar-refractivity contribution in [3.05, 3.63) is 63.5 Å². The van der Waals surface area contributed by atoms with Crippen LogP contribution in [-0.4, -0.2) is 22.1 Å².